The van der Waals surface area contributed by atoms with Gasteiger partial charge < -0.3 is 25.6 Å². The van der Waals surface area contributed by atoms with E-state index >= 15 is 0 Å². The lowest BCUT2D eigenvalue weighted by Gasteiger charge is -2.19. The lowest BCUT2D eigenvalue weighted by atomic mass is 9.98. The summed E-state index contributed by atoms with van der Waals surface area (Å²) in [5.74, 6) is -1.67. The number of benzene rings is 2. The molecule has 8 nitrogen and oxygen atoms in total. The maximum Gasteiger partial charge on any atom is 0.407 e. The fourth-order valence-corrected chi connectivity index (χ4v) is 5.08. The highest BCUT2D eigenvalue weighted by Crippen LogP contribution is 2.44. The van der Waals surface area contributed by atoms with Gasteiger partial charge in [-0.2, -0.15) is 0 Å². The Morgan fingerprint density at radius 3 is 2.24 bits per heavy atom. The standard InChI is InChI=1S/C26H30N2O6/c1-15(29)24(25(31)32)28-23(30)13-16-10-11-17(12-16)27-26(33)34-14-22-20-8-4-2-6-18(20)19-7-3-5-9-21(19)22/h2-9,15-17,22,24,29H,10-14H2,1H3,(H,27,33)(H,28,30)(H,31,32). The van der Waals surface area contributed by atoms with Crippen LogP contribution in [-0.2, 0) is 14.3 Å². The van der Waals surface area contributed by atoms with Crippen molar-refractivity contribution in [2.75, 3.05) is 6.61 Å². The number of carbonyl (C=O) groups is 3. The number of alkyl carbamates (subject to hydrolysis) is 1. The van der Waals surface area contributed by atoms with Gasteiger partial charge in [-0.3, -0.25) is 4.79 Å². The maximum atomic E-state index is 12.5. The lowest BCUT2D eigenvalue weighted by molar-refractivity contribution is -0.144. The van der Waals surface area contributed by atoms with Gasteiger partial charge in [0.05, 0.1) is 6.10 Å². The molecule has 0 bridgehead atoms. The van der Waals surface area contributed by atoms with E-state index in [0.717, 1.165) is 24.0 Å². The van der Waals surface area contributed by atoms with Crippen molar-refractivity contribution in [2.24, 2.45) is 5.92 Å². The summed E-state index contributed by atoms with van der Waals surface area (Å²) < 4.78 is 5.60. The number of amides is 2. The summed E-state index contributed by atoms with van der Waals surface area (Å²) >= 11 is 0. The number of carboxylic acids is 1. The summed E-state index contributed by atoms with van der Waals surface area (Å²) in [5.41, 5.74) is 4.65. The Kier molecular flexibility index (Phi) is 7.17. The zero-order valence-corrected chi connectivity index (χ0v) is 19.1. The summed E-state index contributed by atoms with van der Waals surface area (Å²) in [6.45, 7) is 1.57. The third-order valence-corrected chi connectivity index (χ3v) is 6.75. The van der Waals surface area contributed by atoms with E-state index in [9.17, 15) is 19.5 Å². The average molecular weight is 467 g/mol. The van der Waals surface area contributed by atoms with E-state index in [-0.39, 0.29) is 30.9 Å². The van der Waals surface area contributed by atoms with Crippen LogP contribution in [0.1, 0.15) is 49.7 Å². The molecule has 2 aliphatic carbocycles. The molecular formula is C26H30N2O6. The molecule has 0 heterocycles. The van der Waals surface area contributed by atoms with Crippen molar-refractivity contribution in [3.8, 4) is 11.1 Å². The van der Waals surface area contributed by atoms with Gasteiger partial charge >= 0.3 is 12.1 Å². The van der Waals surface area contributed by atoms with E-state index in [1.165, 1.54) is 18.1 Å². The van der Waals surface area contributed by atoms with Crippen LogP contribution in [0.25, 0.3) is 11.1 Å². The number of rotatable bonds is 8. The third kappa shape index (κ3) is 5.22. The van der Waals surface area contributed by atoms with E-state index in [4.69, 9.17) is 9.84 Å². The van der Waals surface area contributed by atoms with Crippen LogP contribution in [-0.4, -0.2) is 53.0 Å². The van der Waals surface area contributed by atoms with Crippen LogP contribution in [0, 0.1) is 5.92 Å². The van der Waals surface area contributed by atoms with Crippen LogP contribution in [0.2, 0.25) is 0 Å². The first kappa shape index (κ1) is 23.8. The van der Waals surface area contributed by atoms with Crippen LogP contribution in [0.4, 0.5) is 4.79 Å². The number of carboxylic acid groups (broad SMARTS) is 1. The number of ether oxygens (including phenoxy) is 1. The number of aliphatic carboxylic acids is 1. The highest BCUT2D eigenvalue weighted by atomic mass is 16.5. The van der Waals surface area contributed by atoms with Crippen LogP contribution in [0.15, 0.2) is 48.5 Å². The molecule has 1 fully saturated rings. The van der Waals surface area contributed by atoms with Gasteiger partial charge in [0.2, 0.25) is 5.91 Å². The molecule has 4 N–H and O–H groups in total. The second kappa shape index (κ2) is 10.3. The minimum absolute atomic E-state index is 0.00531. The SMILES string of the molecule is CC(O)C(NC(=O)CC1CCC(NC(=O)OCC2c3ccccc3-c3ccccc32)C1)C(=O)O. The summed E-state index contributed by atoms with van der Waals surface area (Å²) in [6.07, 6.45) is 0.573. The maximum absolute atomic E-state index is 12.5. The van der Waals surface area contributed by atoms with Crippen molar-refractivity contribution in [3.05, 3.63) is 59.7 Å². The van der Waals surface area contributed by atoms with Gasteiger partial charge in [-0.1, -0.05) is 48.5 Å². The molecule has 0 aromatic heterocycles. The van der Waals surface area contributed by atoms with Crippen LogP contribution in [0.5, 0.6) is 0 Å². The van der Waals surface area contributed by atoms with Crippen molar-refractivity contribution in [1.82, 2.24) is 10.6 Å². The molecule has 1 saturated carbocycles. The molecule has 2 amide bonds. The van der Waals surface area contributed by atoms with E-state index in [2.05, 4.69) is 34.9 Å². The Morgan fingerprint density at radius 2 is 1.65 bits per heavy atom. The number of nitrogens with one attached hydrogen (secondary N) is 2. The molecule has 4 rings (SSSR count). The molecule has 0 aliphatic heterocycles. The van der Waals surface area contributed by atoms with Crippen molar-refractivity contribution >= 4 is 18.0 Å². The number of aliphatic hydroxyl groups excluding tert-OH is 1. The Morgan fingerprint density at radius 1 is 1.03 bits per heavy atom. The zero-order valence-electron chi connectivity index (χ0n) is 19.1. The minimum Gasteiger partial charge on any atom is -0.480 e. The molecule has 2 aromatic carbocycles. The molecule has 0 radical (unpaired) electrons. The van der Waals surface area contributed by atoms with Crippen LogP contribution < -0.4 is 10.6 Å². The Labute approximate surface area is 198 Å². The normalized spacial score (nSPS) is 20.6. The third-order valence-electron chi connectivity index (χ3n) is 6.75. The predicted octanol–water partition coefficient (Wildman–Crippen LogP) is 3.03. The first-order valence-electron chi connectivity index (χ1n) is 11.6. The molecular weight excluding hydrogens is 436 g/mol. The molecule has 0 spiro atoms. The zero-order chi connectivity index (χ0) is 24.2. The Bertz CT molecular complexity index is 1020. The quantitative estimate of drug-likeness (QED) is 0.474. The predicted molar refractivity (Wildman–Crippen MR) is 125 cm³/mol. The Hall–Kier alpha value is -3.39. The van der Waals surface area contributed by atoms with Gasteiger partial charge in [0.1, 0.15) is 6.61 Å². The molecule has 0 saturated heterocycles. The largest absolute Gasteiger partial charge is 0.480 e. The number of fused-ring (bicyclic) bond motifs is 3. The number of aliphatic hydroxyl groups is 1. The molecule has 4 atom stereocenters. The van der Waals surface area contributed by atoms with E-state index in [1.54, 1.807) is 0 Å². The van der Waals surface area contributed by atoms with Gasteiger partial charge in [-0.15, -0.1) is 0 Å². The van der Waals surface area contributed by atoms with Crippen LogP contribution >= 0.6 is 0 Å². The number of hydrogen-bond donors (Lipinski definition) is 4. The van der Waals surface area contributed by atoms with E-state index < -0.39 is 30.1 Å². The highest BCUT2D eigenvalue weighted by molar-refractivity contribution is 5.84. The molecule has 180 valence electrons. The fraction of sp³-hybridized carbons (Fsp3) is 0.423. The monoisotopic (exact) mass is 466 g/mol. The summed E-state index contributed by atoms with van der Waals surface area (Å²) in [5, 5.41) is 23.9. The Balaban J connectivity index is 1.26. The van der Waals surface area contributed by atoms with Crippen molar-refractivity contribution in [3.63, 3.8) is 0 Å². The number of carbonyl (C=O) groups excluding carboxylic acids is 2. The number of hydrogen-bond acceptors (Lipinski definition) is 5. The van der Waals surface area contributed by atoms with Crippen molar-refractivity contribution in [2.45, 2.75) is 56.7 Å². The van der Waals surface area contributed by atoms with Crippen molar-refractivity contribution in [1.29, 1.82) is 0 Å². The summed E-state index contributed by atoms with van der Waals surface area (Å²) in [4.78, 5) is 35.8. The first-order chi connectivity index (χ1) is 16.3. The second-order valence-corrected chi connectivity index (χ2v) is 9.17. The molecule has 34 heavy (non-hydrogen) atoms. The molecule has 2 aromatic rings. The minimum atomic E-state index is -1.33. The van der Waals surface area contributed by atoms with Crippen molar-refractivity contribution < 1.29 is 29.3 Å². The molecule has 8 heteroatoms. The van der Waals surface area contributed by atoms with Gasteiger partial charge in [0.25, 0.3) is 0 Å². The smallest absolute Gasteiger partial charge is 0.407 e. The first-order valence-corrected chi connectivity index (χ1v) is 11.6. The van der Waals surface area contributed by atoms with E-state index in [0.29, 0.717) is 6.42 Å². The summed E-state index contributed by atoms with van der Waals surface area (Å²) in [7, 11) is 0. The second-order valence-electron chi connectivity index (χ2n) is 9.17. The summed E-state index contributed by atoms with van der Waals surface area (Å²) in [6, 6.07) is 14.9. The lowest BCUT2D eigenvalue weighted by Crippen LogP contribution is -2.48. The fourth-order valence-electron chi connectivity index (χ4n) is 5.08. The highest BCUT2D eigenvalue weighted by Gasteiger charge is 2.32. The average Bonchev–Trinajstić information content (AvgIpc) is 3.37. The molecule has 2 aliphatic rings. The van der Waals surface area contributed by atoms with Gasteiger partial charge in [0.15, 0.2) is 6.04 Å². The van der Waals surface area contributed by atoms with Gasteiger partial charge in [0, 0.05) is 18.4 Å². The van der Waals surface area contributed by atoms with E-state index in [1.807, 2.05) is 24.3 Å². The topological polar surface area (TPSA) is 125 Å². The van der Waals surface area contributed by atoms with Crippen LogP contribution in [0.3, 0.4) is 0 Å². The van der Waals surface area contributed by atoms with Gasteiger partial charge in [-0.05, 0) is 54.4 Å². The van der Waals surface area contributed by atoms with Gasteiger partial charge in [-0.25, -0.2) is 9.59 Å². The molecule has 4 unspecified atom stereocenters.